The van der Waals surface area contributed by atoms with Gasteiger partial charge in [0.25, 0.3) is 0 Å². The number of hydrogen-bond donors (Lipinski definition) is 2. The number of carbonyl (C=O) groups excluding carboxylic acids is 1. The Morgan fingerprint density at radius 1 is 1.56 bits per heavy atom. The summed E-state index contributed by atoms with van der Waals surface area (Å²) in [6.07, 6.45) is 1.84. The summed E-state index contributed by atoms with van der Waals surface area (Å²) in [4.78, 5) is 15.3. The van der Waals surface area contributed by atoms with Crippen LogP contribution in [0.1, 0.15) is 5.56 Å². The normalized spacial score (nSPS) is 10.4. The van der Waals surface area contributed by atoms with Crippen molar-refractivity contribution in [3.63, 3.8) is 0 Å². The quantitative estimate of drug-likeness (QED) is 0.773. The second kappa shape index (κ2) is 4.18. The van der Waals surface area contributed by atoms with Crippen molar-refractivity contribution in [3.05, 3.63) is 23.9 Å². The maximum Gasteiger partial charge on any atom is 0.243 e. The molecule has 0 aliphatic heterocycles. The number of fused-ring (bicyclic) bond motifs is 1. The van der Waals surface area contributed by atoms with Crippen LogP contribution >= 0.6 is 0 Å². The lowest BCUT2D eigenvalue weighted by Gasteiger charge is -1.98. The Morgan fingerprint density at radius 3 is 3.12 bits per heavy atom. The van der Waals surface area contributed by atoms with Crippen LogP contribution in [0.5, 0.6) is 0 Å². The molecule has 84 valence electrons. The van der Waals surface area contributed by atoms with Crippen LogP contribution in [0.4, 0.5) is 5.95 Å². The fourth-order valence-corrected chi connectivity index (χ4v) is 1.31. The van der Waals surface area contributed by atoms with E-state index in [1.54, 1.807) is 11.6 Å². The molecule has 0 aliphatic carbocycles. The van der Waals surface area contributed by atoms with Crippen LogP contribution in [0.15, 0.2) is 18.3 Å². The van der Waals surface area contributed by atoms with Gasteiger partial charge in [-0.25, -0.2) is 4.52 Å². The number of aromatic nitrogens is 3. The first-order valence-corrected chi connectivity index (χ1v) is 4.96. The summed E-state index contributed by atoms with van der Waals surface area (Å²) in [5, 5.41) is 9.54. The number of hydrogen-bond acceptors (Lipinski definition) is 4. The number of aryl methyl sites for hydroxylation is 1. The Kier molecular flexibility index (Phi) is 2.72. The summed E-state index contributed by atoms with van der Waals surface area (Å²) < 4.78 is 1.67. The van der Waals surface area contributed by atoms with Gasteiger partial charge in [0.15, 0.2) is 5.65 Å². The van der Waals surface area contributed by atoms with Gasteiger partial charge >= 0.3 is 0 Å². The van der Waals surface area contributed by atoms with Gasteiger partial charge < -0.3 is 10.6 Å². The molecule has 0 saturated carbocycles. The molecule has 6 heteroatoms. The van der Waals surface area contributed by atoms with Gasteiger partial charge in [-0.15, -0.1) is 5.10 Å². The Hall–Kier alpha value is -2.11. The predicted molar refractivity (Wildman–Crippen MR) is 60.3 cm³/mol. The second-order valence-corrected chi connectivity index (χ2v) is 3.47. The molecule has 0 bridgehead atoms. The minimum absolute atomic E-state index is 0.102. The second-order valence-electron chi connectivity index (χ2n) is 3.47. The molecule has 0 aliphatic rings. The molecule has 2 N–H and O–H groups in total. The van der Waals surface area contributed by atoms with Gasteiger partial charge in [-0.05, 0) is 24.6 Å². The number of nitrogens with one attached hydrogen (secondary N) is 2. The number of carbonyl (C=O) groups is 1. The monoisotopic (exact) mass is 219 g/mol. The van der Waals surface area contributed by atoms with Crippen molar-refractivity contribution in [2.45, 2.75) is 6.92 Å². The molecule has 16 heavy (non-hydrogen) atoms. The zero-order chi connectivity index (χ0) is 11.5. The van der Waals surface area contributed by atoms with E-state index in [0.29, 0.717) is 5.95 Å². The predicted octanol–water partition coefficient (Wildman–Crippen LogP) is 0.196. The Labute approximate surface area is 92.7 Å². The van der Waals surface area contributed by atoms with E-state index in [9.17, 15) is 4.79 Å². The molecule has 2 aromatic heterocycles. The summed E-state index contributed by atoms with van der Waals surface area (Å²) in [5.74, 6) is 0.351. The maximum absolute atomic E-state index is 11.0. The average molecular weight is 219 g/mol. The van der Waals surface area contributed by atoms with Crippen LogP contribution in [-0.4, -0.2) is 34.1 Å². The largest absolute Gasteiger partial charge is 0.358 e. The van der Waals surface area contributed by atoms with E-state index in [2.05, 4.69) is 20.7 Å². The Balaban J connectivity index is 2.16. The van der Waals surface area contributed by atoms with Crippen LogP contribution in [0.25, 0.3) is 5.65 Å². The Morgan fingerprint density at radius 2 is 2.38 bits per heavy atom. The topological polar surface area (TPSA) is 71.3 Å². The van der Waals surface area contributed by atoms with Gasteiger partial charge in [0.2, 0.25) is 11.9 Å². The maximum atomic E-state index is 11.0. The third-order valence-corrected chi connectivity index (χ3v) is 2.18. The number of nitrogens with zero attached hydrogens (tertiary/aromatic N) is 3. The zero-order valence-electron chi connectivity index (χ0n) is 9.19. The number of pyridine rings is 1. The lowest BCUT2D eigenvalue weighted by atomic mass is 10.3. The third-order valence-electron chi connectivity index (χ3n) is 2.18. The zero-order valence-corrected chi connectivity index (χ0v) is 9.19. The van der Waals surface area contributed by atoms with Crippen molar-refractivity contribution in [1.29, 1.82) is 0 Å². The molecular weight excluding hydrogens is 206 g/mol. The number of rotatable bonds is 3. The molecule has 2 heterocycles. The number of anilines is 1. The molecule has 6 nitrogen and oxygen atoms in total. The summed E-state index contributed by atoms with van der Waals surface area (Å²) in [7, 11) is 1.59. The SMILES string of the molecule is CNC(=O)CNc1nc2cc(C)ccn2n1. The molecule has 0 saturated heterocycles. The molecule has 0 radical (unpaired) electrons. The van der Waals surface area contributed by atoms with Gasteiger partial charge in [-0.3, -0.25) is 4.79 Å². The van der Waals surface area contributed by atoms with Crippen molar-refractivity contribution < 1.29 is 4.79 Å². The van der Waals surface area contributed by atoms with Crippen molar-refractivity contribution in [2.75, 3.05) is 18.9 Å². The summed E-state index contributed by atoms with van der Waals surface area (Å²) in [5.41, 5.74) is 1.89. The minimum atomic E-state index is -0.102. The highest BCUT2D eigenvalue weighted by molar-refractivity contribution is 5.79. The fourth-order valence-electron chi connectivity index (χ4n) is 1.31. The molecule has 0 spiro atoms. The molecule has 2 aromatic rings. The van der Waals surface area contributed by atoms with Crippen LogP contribution in [0, 0.1) is 6.92 Å². The first-order chi connectivity index (χ1) is 7.69. The first-order valence-electron chi connectivity index (χ1n) is 4.96. The first kappa shape index (κ1) is 10.4. The van der Waals surface area contributed by atoms with Crippen LogP contribution in [0.3, 0.4) is 0 Å². The van der Waals surface area contributed by atoms with Crippen LogP contribution in [-0.2, 0) is 4.79 Å². The van der Waals surface area contributed by atoms with E-state index in [1.165, 1.54) is 0 Å². The Bertz CT molecular complexity index is 519. The third kappa shape index (κ3) is 2.10. The smallest absolute Gasteiger partial charge is 0.243 e. The molecular formula is C10H13N5O. The lowest BCUT2D eigenvalue weighted by molar-refractivity contribution is -0.118. The molecule has 0 aromatic carbocycles. The van der Waals surface area contributed by atoms with E-state index in [0.717, 1.165) is 11.2 Å². The van der Waals surface area contributed by atoms with Gasteiger partial charge in [-0.2, -0.15) is 4.98 Å². The molecule has 0 atom stereocenters. The van der Waals surface area contributed by atoms with E-state index in [1.807, 2.05) is 25.3 Å². The number of likely N-dealkylation sites (N-methyl/N-ethyl adjacent to an activating group) is 1. The van der Waals surface area contributed by atoms with E-state index in [4.69, 9.17) is 0 Å². The van der Waals surface area contributed by atoms with Gasteiger partial charge in [0.05, 0.1) is 6.54 Å². The summed E-state index contributed by atoms with van der Waals surface area (Å²) in [6.45, 7) is 2.17. The molecule has 0 unspecified atom stereocenters. The summed E-state index contributed by atoms with van der Waals surface area (Å²) in [6, 6.07) is 3.88. The lowest BCUT2D eigenvalue weighted by Crippen LogP contribution is -2.26. The highest BCUT2D eigenvalue weighted by Crippen LogP contribution is 2.06. The van der Waals surface area contributed by atoms with E-state index in [-0.39, 0.29) is 12.5 Å². The van der Waals surface area contributed by atoms with Crippen molar-refractivity contribution in [3.8, 4) is 0 Å². The number of amides is 1. The van der Waals surface area contributed by atoms with E-state index < -0.39 is 0 Å². The van der Waals surface area contributed by atoms with Crippen molar-refractivity contribution in [2.24, 2.45) is 0 Å². The van der Waals surface area contributed by atoms with Crippen molar-refractivity contribution in [1.82, 2.24) is 19.9 Å². The minimum Gasteiger partial charge on any atom is -0.358 e. The van der Waals surface area contributed by atoms with Crippen molar-refractivity contribution >= 4 is 17.5 Å². The van der Waals surface area contributed by atoms with Gasteiger partial charge in [-0.1, -0.05) is 0 Å². The molecule has 1 amide bonds. The highest BCUT2D eigenvalue weighted by Gasteiger charge is 2.04. The van der Waals surface area contributed by atoms with Crippen LogP contribution < -0.4 is 10.6 Å². The molecule has 2 rings (SSSR count). The standard InChI is InChI=1S/C10H13N5O/c1-7-3-4-15-8(5-7)13-10(14-15)12-6-9(16)11-2/h3-5H,6H2,1-2H3,(H,11,16)(H,12,14). The molecule has 0 fully saturated rings. The fraction of sp³-hybridized carbons (Fsp3) is 0.300. The van der Waals surface area contributed by atoms with Crippen LogP contribution in [0.2, 0.25) is 0 Å². The van der Waals surface area contributed by atoms with E-state index >= 15 is 0 Å². The average Bonchev–Trinajstić information content (AvgIpc) is 2.67. The van der Waals surface area contributed by atoms with Gasteiger partial charge in [0.1, 0.15) is 0 Å². The highest BCUT2D eigenvalue weighted by atomic mass is 16.1. The summed E-state index contributed by atoms with van der Waals surface area (Å²) >= 11 is 0. The van der Waals surface area contributed by atoms with Gasteiger partial charge in [0, 0.05) is 13.2 Å².